The van der Waals surface area contributed by atoms with Crippen LogP contribution in [0.2, 0.25) is 0 Å². The molecule has 0 spiro atoms. The number of nitrogens with zero attached hydrogens (tertiary/aromatic N) is 2. The predicted molar refractivity (Wildman–Crippen MR) is 81.0 cm³/mol. The highest BCUT2D eigenvalue weighted by Gasteiger charge is 2.16. The first-order chi connectivity index (χ1) is 9.90. The SMILES string of the molecule is c1ccc2c(c1)CCC2=NNc1nc2ccccc2[nH]1. The first-order valence-electron chi connectivity index (χ1n) is 6.76. The number of aryl methyl sites for hydroxylation is 1. The summed E-state index contributed by atoms with van der Waals surface area (Å²) in [5, 5.41) is 4.50. The number of fused-ring (bicyclic) bond motifs is 2. The van der Waals surface area contributed by atoms with Gasteiger partial charge < -0.3 is 4.98 Å². The third-order valence-electron chi connectivity index (χ3n) is 3.65. The van der Waals surface area contributed by atoms with Gasteiger partial charge in [0.25, 0.3) is 0 Å². The standard InChI is InChI=1S/C16H14N4/c1-2-6-12-11(5-1)9-10-13(12)19-20-16-17-14-7-3-4-8-15(14)18-16/h1-8H,9-10H2,(H2,17,18,20). The van der Waals surface area contributed by atoms with Gasteiger partial charge in [0.05, 0.1) is 16.7 Å². The monoisotopic (exact) mass is 262 g/mol. The van der Waals surface area contributed by atoms with Gasteiger partial charge in [-0.15, -0.1) is 0 Å². The molecule has 20 heavy (non-hydrogen) atoms. The molecule has 0 saturated heterocycles. The summed E-state index contributed by atoms with van der Waals surface area (Å²) in [5.41, 5.74) is 8.72. The number of H-pyrrole nitrogens is 1. The van der Waals surface area contributed by atoms with Gasteiger partial charge in [-0.25, -0.2) is 10.4 Å². The van der Waals surface area contributed by atoms with Crippen molar-refractivity contribution in [3.63, 3.8) is 0 Å². The molecule has 0 bridgehead atoms. The fraction of sp³-hybridized carbons (Fsp3) is 0.125. The van der Waals surface area contributed by atoms with Crippen LogP contribution in [0.1, 0.15) is 17.5 Å². The Morgan fingerprint density at radius 1 is 1.00 bits per heavy atom. The minimum Gasteiger partial charge on any atom is -0.323 e. The molecule has 0 amide bonds. The molecule has 0 atom stereocenters. The summed E-state index contributed by atoms with van der Waals surface area (Å²) in [6.07, 6.45) is 2.05. The lowest BCUT2D eigenvalue weighted by Gasteiger charge is -2.00. The van der Waals surface area contributed by atoms with Crippen LogP contribution < -0.4 is 5.43 Å². The van der Waals surface area contributed by atoms with Crippen molar-refractivity contribution in [2.45, 2.75) is 12.8 Å². The fourth-order valence-corrected chi connectivity index (χ4v) is 2.65. The van der Waals surface area contributed by atoms with E-state index in [0.29, 0.717) is 5.95 Å². The number of imidazole rings is 1. The lowest BCUT2D eigenvalue weighted by Crippen LogP contribution is -2.00. The van der Waals surface area contributed by atoms with Crippen molar-refractivity contribution in [3.8, 4) is 0 Å². The number of hydrogen-bond acceptors (Lipinski definition) is 3. The van der Waals surface area contributed by atoms with E-state index in [1.807, 2.05) is 24.3 Å². The van der Waals surface area contributed by atoms with Gasteiger partial charge in [0.1, 0.15) is 0 Å². The van der Waals surface area contributed by atoms with Crippen molar-refractivity contribution in [2.75, 3.05) is 5.43 Å². The highest BCUT2D eigenvalue weighted by atomic mass is 15.4. The molecule has 4 heteroatoms. The van der Waals surface area contributed by atoms with Crippen molar-refractivity contribution in [3.05, 3.63) is 59.7 Å². The van der Waals surface area contributed by atoms with Gasteiger partial charge in [-0.3, -0.25) is 0 Å². The van der Waals surface area contributed by atoms with Crippen LogP contribution in [0.3, 0.4) is 0 Å². The number of nitrogens with one attached hydrogen (secondary N) is 2. The van der Waals surface area contributed by atoms with Gasteiger partial charge in [-0.1, -0.05) is 36.4 Å². The number of aromatic nitrogens is 2. The number of aromatic amines is 1. The summed E-state index contributed by atoms with van der Waals surface area (Å²) >= 11 is 0. The zero-order valence-electron chi connectivity index (χ0n) is 10.9. The van der Waals surface area contributed by atoms with Crippen molar-refractivity contribution < 1.29 is 0 Å². The zero-order valence-corrected chi connectivity index (χ0v) is 10.9. The number of anilines is 1. The van der Waals surface area contributed by atoms with Crippen LogP contribution >= 0.6 is 0 Å². The second kappa shape index (κ2) is 4.49. The van der Waals surface area contributed by atoms with Crippen molar-refractivity contribution >= 4 is 22.7 Å². The molecule has 4 rings (SSSR count). The number of hydrazone groups is 1. The highest BCUT2D eigenvalue weighted by molar-refractivity contribution is 6.04. The van der Waals surface area contributed by atoms with E-state index >= 15 is 0 Å². The maximum absolute atomic E-state index is 4.50. The lowest BCUT2D eigenvalue weighted by atomic mass is 10.1. The van der Waals surface area contributed by atoms with E-state index in [4.69, 9.17) is 0 Å². The van der Waals surface area contributed by atoms with Gasteiger partial charge in [0.15, 0.2) is 0 Å². The lowest BCUT2D eigenvalue weighted by molar-refractivity contribution is 1.08. The van der Waals surface area contributed by atoms with E-state index < -0.39 is 0 Å². The first-order valence-corrected chi connectivity index (χ1v) is 6.76. The largest absolute Gasteiger partial charge is 0.323 e. The quantitative estimate of drug-likeness (QED) is 0.696. The van der Waals surface area contributed by atoms with Crippen molar-refractivity contribution in [1.82, 2.24) is 9.97 Å². The van der Waals surface area contributed by atoms with Crippen LogP contribution in [0, 0.1) is 0 Å². The maximum atomic E-state index is 4.50. The average Bonchev–Trinajstić information content (AvgIpc) is 3.08. The predicted octanol–water partition coefficient (Wildman–Crippen LogP) is 3.33. The minimum atomic E-state index is 0.683. The summed E-state index contributed by atoms with van der Waals surface area (Å²) in [4.78, 5) is 7.67. The fourth-order valence-electron chi connectivity index (χ4n) is 2.65. The van der Waals surface area contributed by atoms with Crippen LogP contribution in [-0.4, -0.2) is 15.7 Å². The van der Waals surface area contributed by atoms with Crippen LogP contribution in [0.5, 0.6) is 0 Å². The van der Waals surface area contributed by atoms with Crippen molar-refractivity contribution in [1.29, 1.82) is 0 Å². The van der Waals surface area contributed by atoms with Gasteiger partial charge in [-0.2, -0.15) is 5.10 Å². The van der Waals surface area contributed by atoms with E-state index in [2.05, 4.69) is 44.8 Å². The number of para-hydroxylation sites is 2. The third-order valence-corrected chi connectivity index (χ3v) is 3.65. The Morgan fingerprint density at radius 3 is 2.80 bits per heavy atom. The van der Waals surface area contributed by atoms with Crippen molar-refractivity contribution in [2.24, 2.45) is 5.10 Å². The van der Waals surface area contributed by atoms with E-state index in [0.717, 1.165) is 29.6 Å². The second-order valence-corrected chi connectivity index (χ2v) is 4.93. The molecule has 2 N–H and O–H groups in total. The first kappa shape index (κ1) is 11.2. The molecule has 1 heterocycles. The second-order valence-electron chi connectivity index (χ2n) is 4.93. The summed E-state index contributed by atoms with van der Waals surface area (Å²) < 4.78 is 0. The molecular formula is C16H14N4. The Bertz CT molecular complexity index is 768. The van der Waals surface area contributed by atoms with E-state index in [1.165, 1.54) is 11.1 Å². The third kappa shape index (κ3) is 1.86. The highest BCUT2D eigenvalue weighted by Crippen LogP contribution is 2.22. The molecule has 1 aliphatic rings. The molecule has 1 aliphatic carbocycles. The Morgan fingerprint density at radius 2 is 1.85 bits per heavy atom. The number of hydrogen-bond donors (Lipinski definition) is 2. The summed E-state index contributed by atoms with van der Waals surface area (Å²) in [7, 11) is 0. The molecule has 3 aromatic rings. The molecule has 0 unspecified atom stereocenters. The Kier molecular flexibility index (Phi) is 2.52. The molecule has 0 saturated carbocycles. The van der Waals surface area contributed by atoms with E-state index in [-0.39, 0.29) is 0 Å². The normalized spacial score (nSPS) is 15.7. The molecule has 2 aromatic carbocycles. The van der Waals surface area contributed by atoms with Crippen LogP contribution in [0.15, 0.2) is 53.6 Å². The summed E-state index contributed by atoms with van der Waals surface area (Å²) in [5.74, 6) is 0.683. The van der Waals surface area contributed by atoms with Gasteiger partial charge in [-0.05, 0) is 30.5 Å². The van der Waals surface area contributed by atoms with E-state index in [1.54, 1.807) is 0 Å². The Balaban J connectivity index is 1.63. The van der Waals surface area contributed by atoms with Crippen LogP contribution in [0.4, 0.5) is 5.95 Å². The smallest absolute Gasteiger partial charge is 0.222 e. The van der Waals surface area contributed by atoms with Crippen LogP contribution in [-0.2, 0) is 6.42 Å². The minimum absolute atomic E-state index is 0.683. The molecular weight excluding hydrogens is 248 g/mol. The van der Waals surface area contributed by atoms with Gasteiger partial charge >= 0.3 is 0 Å². The van der Waals surface area contributed by atoms with Gasteiger partial charge in [0.2, 0.25) is 5.95 Å². The molecule has 0 fully saturated rings. The molecule has 1 aromatic heterocycles. The summed E-state index contributed by atoms with van der Waals surface area (Å²) in [6.45, 7) is 0. The average molecular weight is 262 g/mol. The molecule has 0 radical (unpaired) electrons. The van der Waals surface area contributed by atoms with Crippen LogP contribution in [0.25, 0.3) is 11.0 Å². The molecule has 0 aliphatic heterocycles. The Labute approximate surface area is 116 Å². The Hall–Kier alpha value is -2.62. The molecule has 4 nitrogen and oxygen atoms in total. The van der Waals surface area contributed by atoms with E-state index in [9.17, 15) is 0 Å². The number of benzene rings is 2. The van der Waals surface area contributed by atoms with Gasteiger partial charge in [0, 0.05) is 5.56 Å². The number of rotatable bonds is 2. The maximum Gasteiger partial charge on any atom is 0.222 e. The molecule has 98 valence electrons. The zero-order chi connectivity index (χ0) is 13.4. The topological polar surface area (TPSA) is 53.1 Å². The summed E-state index contributed by atoms with van der Waals surface area (Å²) in [6, 6.07) is 16.4.